The molecule has 130 valence electrons. The molecule has 0 spiro atoms. The molecule has 0 aliphatic carbocycles. The molecule has 0 aliphatic heterocycles. The van der Waals surface area contributed by atoms with E-state index in [0.717, 1.165) is 11.5 Å². The second-order valence-electron chi connectivity index (χ2n) is 6.60. The molecule has 0 saturated carbocycles. The maximum Gasteiger partial charge on any atom is 0.189 e. The fourth-order valence-electron chi connectivity index (χ4n) is 2.55. The zero-order chi connectivity index (χ0) is 17.6. The van der Waals surface area contributed by atoms with Crippen LogP contribution in [0.1, 0.15) is 45.7 Å². The maximum absolute atomic E-state index is 5.72. The largest absolute Gasteiger partial charge is 0.491 e. The van der Waals surface area contributed by atoms with Crippen molar-refractivity contribution in [2.24, 2.45) is 0 Å². The van der Waals surface area contributed by atoms with E-state index in [1.165, 1.54) is 11.1 Å². The third kappa shape index (κ3) is 4.75. The van der Waals surface area contributed by atoms with Crippen molar-refractivity contribution in [1.29, 1.82) is 0 Å². The normalized spacial score (nSPS) is 11.6. The van der Waals surface area contributed by atoms with Crippen molar-refractivity contribution in [3.05, 3.63) is 59.7 Å². The van der Waals surface area contributed by atoms with Gasteiger partial charge in [0.25, 0.3) is 0 Å². The Morgan fingerprint density at radius 3 is 1.79 bits per heavy atom. The van der Waals surface area contributed by atoms with Crippen LogP contribution >= 0.6 is 0 Å². The van der Waals surface area contributed by atoms with Gasteiger partial charge in [0.15, 0.2) is 6.79 Å². The highest BCUT2D eigenvalue weighted by atomic mass is 16.7. The van der Waals surface area contributed by atoms with Gasteiger partial charge in [-0.15, -0.1) is 0 Å². The lowest BCUT2D eigenvalue weighted by Gasteiger charge is -2.26. The summed E-state index contributed by atoms with van der Waals surface area (Å²) in [5.74, 6) is 1.73. The van der Waals surface area contributed by atoms with Crippen molar-refractivity contribution in [1.82, 2.24) is 0 Å². The molecule has 0 N–H and O–H groups in total. The Balaban J connectivity index is 2.11. The van der Waals surface area contributed by atoms with Crippen molar-refractivity contribution >= 4 is 0 Å². The second-order valence-corrected chi connectivity index (χ2v) is 6.60. The van der Waals surface area contributed by atoms with Crippen molar-refractivity contribution in [3.63, 3.8) is 0 Å². The molecular weight excluding hydrogens is 300 g/mol. The van der Waals surface area contributed by atoms with Gasteiger partial charge in [-0.3, -0.25) is 0 Å². The first-order valence-corrected chi connectivity index (χ1v) is 8.51. The summed E-state index contributed by atoms with van der Waals surface area (Å²) in [7, 11) is 0. The fraction of sp³-hybridized carbons (Fsp3) is 0.429. The van der Waals surface area contributed by atoms with E-state index >= 15 is 0 Å². The third-order valence-electron chi connectivity index (χ3n) is 4.04. The molecule has 0 bridgehead atoms. The Bertz CT molecular complexity index is 613. The summed E-state index contributed by atoms with van der Waals surface area (Å²) >= 11 is 0. The zero-order valence-electron chi connectivity index (χ0n) is 15.3. The van der Waals surface area contributed by atoms with Crippen molar-refractivity contribution in [2.45, 2.75) is 46.1 Å². The molecule has 3 nitrogen and oxygen atoms in total. The van der Waals surface area contributed by atoms with Gasteiger partial charge >= 0.3 is 0 Å². The molecule has 0 saturated heterocycles. The molecule has 2 aromatic carbocycles. The summed E-state index contributed by atoms with van der Waals surface area (Å²) < 4.78 is 16.5. The second kappa shape index (κ2) is 8.20. The molecule has 0 amide bonds. The van der Waals surface area contributed by atoms with Crippen LogP contribution < -0.4 is 9.47 Å². The third-order valence-corrected chi connectivity index (χ3v) is 4.04. The maximum atomic E-state index is 5.72. The minimum atomic E-state index is -0.0885. The molecule has 0 unspecified atom stereocenters. The predicted octanol–water partition coefficient (Wildman–Crippen LogP) is 5.17. The summed E-state index contributed by atoms with van der Waals surface area (Å²) in [4.78, 5) is 0. The molecule has 3 heteroatoms. The smallest absolute Gasteiger partial charge is 0.189 e. The summed E-state index contributed by atoms with van der Waals surface area (Å²) in [5, 5.41) is 0. The molecule has 0 fully saturated rings. The number of ether oxygens (including phenoxy) is 3. The standard InChI is InChI=1S/C21H28O3/c1-6-22-15-23-19-11-7-17(8-12-19)21(4,5)18-9-13-20(14-10-18)24-16(2)3/h7-14,16H,6,15H2,1-5H3. The minimum Gasteiger partial charge on any atom is -0.491 e. The summed E-state index contributed by atoms with van der Waals surface area (Å²) in [6.07, 6.45) is 0.188. The van der Waals surface area contributed by atoms with Gasteiger partial charge in [0.2, 0.25) is 0 Å². The highest BCUT2D eigenvalue weighted by Crippen LogP contribution is 2.33. The van der Waals surface area contributed by atoms with Crippen LogP contribution in [0, 0.1) is 0 Å². The first-order chi connectivity index (χ1) is 11.4. The molecule has 2 aromatic rings. The lowest BCUT2D eigenvalue weighted by atomic mass is 9.78. The molecule has 24 heavy (non-hydrogen) atoms. The molecule has 0 radical (unpaired) electrons. The highest BCUT2D eigenvalue weighted by molar-refractivity contribution is 5.41. The average molecular weight is 328 g/mol. The number of rotatable bonds is 8. The Morgan fingerprint density at radius 1 is 0.833 bits per heavy atom. The van der Waals surface area contributed by atoms with Crippen molar-refractivity contribution in [3.8, 4) is 11.5 Å². The lowest BCUT2D eigenvalue weighted by Crippen LogP contribution is -2.18. The first-order valence-electron chi connectivity index (χ1n) is 8.51. The van der Waals surface area contributed by atoms with Crippen LogP contribution in [0.5, 0.6) is 11.5 Å². The number of hydrogen-bond donors (Lipinski definition) is 0. The van der Waals surface area contributed by atoms with E-state index in [1.54, 1.807) is 0 Å². The van der Waals surface area contributed by atoms with Gasteiger partial charge in [-0.25, -0.2) is 0 Å². The van der Waals surface area contributed by atoms with E-state index in [9.17, 15) is 0 Å². The van der Waals surface area contributed by atoms with Crippen LogP contribution in [0.25, 0.3) is 0 Å². The Kier molecular flexibility index (Phi) is 6.27. The lowest BCUT2D eigenvalue weighted by molar-refractivity contribution is 0.0224. The highest BCUT2D eigenvalue weighted by Gasteiger charge is 2.23. The van der Waals surface area contributed by atoms with Gasteiger partial charge in [0, 0.05) is 12.0 Å². The quantitative estimate of drug-likeness (QED) is 0.494. The van der Waals surface area contributed by atoms with E-state index < -0.39 is 0 Å². The van der Waals surface area contributed by atoms with Gasteiger partial charge in [0.05, 0.1) is 6.10 Å². The number of benzene rings is 2. The monoisotopic (exact) mass is 328 g/mol. The molecule has 0 heterocycles. The van der Waals surface area contributed by atoms with Crippen LogP contribution in [0.15, 0.2) is 48.5 Å². The SMILES string of the molecule is CCOCOc1ccc(C(C)(C)c2ccc(OC(C)C)cc2)cc1. The summed E-state index contributed by atoms with van der Waals surface area (Å²) in [5.41, 5.74) is 2.40. The Labute approximate surface area is 145 Å². The first kappa shape index (κ1) is 18.3. The van der Waals surface area contributed by atoms with Crippen molar-refractivity contribution < 1.29 is 14.2 Å². The van der Waals surface area contributed by atoms with E-state index in [1.807, 2.05) is 45.0 Å². The average Bonchev–Trinajstić information content (AvgIpc) is 2.55. The molecular formula is C21H28O3. The Hall–Kier alpha value is -2.00. The molecule has 0 atom stereocenters. The Morgan fingerprint density at radius 2 is 1.33 bits per heavy atom. The minimum absolute atomic E-state index is 0.0885. The van der Waals surface area contributed by atoms with Gasteiger partial charge in [0.1, 0.15) is 11.5 Å². The van der Waals surface area contributed by atoms with E-state index in [4.69, 9.17) is 14.2 Å². The van der Waals surface area contributed by atoms with Crippen LogP contribution in [0.3, 0.4) is 0 Å². The molecule has 0 aromatic heterocycles. The van der Waals surface area contributed by atoms with Gasteiger partial charge in [-0.1, -0.05) is 38.1 Å². The topological polar surface area (TPSA) is 27.7 Å². The van der Waals surface area contributed by atoms with Gasteiger partial charge in [-0.2, -0.15) is 0 Å². The van der Waals surface area contributed by atoms with Gasteiger partial charge < -0.3 is 14.2 Å². The predicted molar refractivity (Wildman–Crippen MR) is 97.9 cm³/mol. The van der Waals surface area contributed by atoms with Crippen LogP contribution in [-0.2, 0) is 10.2 Å². The molecule has 0 aliphatic rings. The van der Waals surface area contributed by atoms with Crippen LogP contribution in [0.2, 0.25) is 0 Å². The number of hydrogen-bond acceptors (Lipinski definition) is 3. The van der Waals surface area contributed by atoms with E-state index in [-0.39, 0.29) is 18.3 Å². The zero-order valence-corrected chi connectivity index (χ0v) is 15.3. The fourth-order valence-corrected chi connectivity index (χ4v) is 2.55. The molecule has 2 rings (SSSR count). The van der Waals surface area contributed by atoms with E-state index in [0.29, 0.717) is 6.61 Å². The summed E-state index contributed by atoms with van der Waals surface area (Å²) in [6, 6.07) is 16.6. The van der Waals surface area contributed by atoms with Crippen LogP contribution in [-0.4, -0.2) is 19.5 Å². The van der Waals surface area contributed by atoms with Gasteiger partial charge in [-0.05, 0) is 56.2 Å². The van der Waals surface area contributed by atoms with Crippen LogP contribution in [0.4, 0.5) is 0 Å². The summed E-state index contributed by atoms with van der Waals surface area (Å²) in [6.45, 7) is 11.4. The van der Waals surface area contributed by atoms with Crippen molar-refractivity contribution in [2.75, 3.05) is 13.4 Å². The van der Waals surface area contributed by atoms with E-state index in [2.05, 4.69) is 38.1 Å².